The molecule has 0 aliphatic rings. The van der Waals surface area contributed by atoms with E-state index in [0.29, 0.717) is 28.9 Å². The number of hydrogen-bond acceptors (Lipinski definition) is 6. The highest BCUT2D eigenvalue weighted by Gasteiger charge is 2.20. The van der Waals surface area contributed by atoms with Crippen molar-refractivity contribution in [2.45, 2.75) is 0 Å². The zero-order chi connectivity index (χ0) is 39.6. The van der Waals surface area contributed by atoms with Crippen molar-refractivity contribution in [3.8, 4) is 67.9 Å². The Morgan fingerprint density at radius 2 is 0.850 bits per heavy atom. The van der Waals surface area contributed by atoms with Gasteiger partial charge >= 0.3 is 0 Å². The van der Waals surface area contributed by atoms with Gasteiger partial charge in [-0.1, -0.05) is 140 Å². The van der Waals surface area contributed by atoms with Crippen LogP contribution < -0.4 is 0 Å². The molecule has 6 heteroatoms. The lowest BCUT2D eigenvalue weighted by Crippen LogP contribution is -2.01. The molecule has 12 aromatic rings. The van der Waals surface area contributed by atoms with Crippen LogP contribution in [0.1, 0.15) is 0 Å². The molecule has 0 bridgehead atoms. The van der Waals surface area contributed by atoms with Gasteiger partial charge in [-0.2, -0.15) is 0 Å². The number of fused-ring (bicyclic) bond motifs is 8. The summed E-state index contributed by atoms with van der Waals surface area (Å²) in [5.41, 5.74) is 11.0. The topological polar surface area (TPSA) is 77.8 Å². The van der Waals surface area contributed by atoms with E-state index in [-0.39, 0.29) is 0 Å². The first kappa shape index (κ1) is 33.9. The zero-order valence-electron chi connectivity index (χ0n) is 32.1. The molecule has 12 rings (SSSR count). The van der Waals surface area contributed by atoms with Gasteiger partial charge in [-0.05, 0) is 98.4 Å². The van der Waals surface area contributed by atoms with Gasteiger partial charge in [-0.15, -0.1) is 0 Å². The predicted octanol–water partition coefficient (Wildman–Crippen LogP) is 14.2. The molecule has 0 unspecified atom stereocenters. The van der Waals surface area contributed by atoms with Crippen molar-refractivity contribution in [2.75, 3.05) is 0 Å². The van der Waals surface area contributed by atoms with Gasteiger partial charge < -0.3 is 8.83 Å². The second kappa shape index (κ2) is 13.7. The van der Waals surface area contributed by atoms with Crippen LogP contribution in [0.3, 0.4) is 0 Å². The molecule has 0 saturated heterocycles. The number of hydrogen-bond donors (Lipinski definition) is 0. The van der Waals surface area contributed by atoms with Crippen LogP contribution in [0.2, 0.25) is 0 Å². The number of benzene rings is 9. The maximum Gasteiger partial charge on any atom is 0.227 e. The Bertz CT molecular complexity index is 3530. The van der Waals surface area contributed by atoms with Crippen LogP contribution >= 0.6 is 0 Å². The molecule has 6 nitrogen and oxygen atoms in total. The van der Waals surface area contributed by atoms with Crippen LogP contribution in [-0.4, -0.2) is 19.9 Å². The van der Waals surface area contributed by atoms with Crippen LogP contribution in [0.5, 0.6) is 0 Å². The Morgan fingerprint density at radius 3 is 1.60 bits per heavy atom. The average Bonchev–Trinajstić information content (AvgIpc) is 3.94. The Kier molecular flexibility index (Phi) is 7.74. The summed E-state index contributed by atoms with van der Waals surface area (Å²) in [4.78, 5) is 20.9. The van der Waals surface area contributed by atoms with E-state index in [9.17, 15) is 0 Å². The number of furan rings is 1. The number of aromatic nitrogens is 4. The van der Waals surface area contributed by atoms with E-state index in [1.54, 1.807) is 0 Å². The quantitative estimate of drug-likeness (QED) is 0.168. The molecule has 3 aromatic heterocycles. The third kappa shape index (κ3) is 5.73. The minimum atomic E-state index is 0.568. The van der Waals surface area contributed by atoms with E-state index in [1.165, 1.54) is 0 Å². The largest absolute Gasteiger partial charge is 0.456 e. The van der Waals surface area contributed by atoms with Gasteiger partial charge in [0.25, 0.3) is 0 Å². The Hall–Kier alpha value is -8.22. The molecule has 3 heterocycles. The molecule has 9 aromatic carbocycles. The zero-order valence-corrected chi connectivity index (χ0v) is 32.1. The van der Waals surface area contributed by atoms with E-state index in [0.717, 1.165) is 93.5 Å². The summed E-state index contributed by atoms with van der Waals surface area (Å²) in [6, 6.07) is 66.6. The fraction of sp³-hybridized carbons (Fsp3) is 0. The SMILES string of the molecule is c1ccc(-c2cc(-c3ccccc3)cc(-c3nc(-c4ccc5ccc6oc7ccc8oc(-c9ccccc9)nc8c7c6c5c4)nc(-c4cccc5ccccc45)n3)c2)cc1. The summed E-state index contributed by atoms with van der Waals surface area (Å²) < 4.78 is 12.8. The van der Waals surface area contributed by atoms with Crippen molar-refractivity contribution >= 4 is 54.6 Å². The third-order valence-electron chi connectivity index (χ3n) is 11.3. The maximum absolute atomic E-state index is 6.50. The highest BCUT2D eigenvalue weighted by molar-refractivity contribution is 6.25. The second-order valence-corrected chi connectivity index (χ2v) is 15.0. The molecular formula is C54H32N4O2. The van der Waals surface area contributed by atoms with Crippen molar-refractivity contribution < 1.29 is 8.83 Å². The van der Waals surface area contributed by atoms with Crippen molar-refractivity contribution in [3.63, 3.8) is 0 Å². The summed E-state index contributed by atoms with van der Waals surface area (Å²) in [6.45, 7) is 0. The lowest BCUT2D eigenvalue weighted by molar-refractivity contribution is 0.619. The van der Waals surface area contributed by atoms with Gasteiger partial charge in [-0.3, -0.25) is 0 Å². The van der Waals surface area contributed by atoms with Crippen molar-refractivity contribution in [1.82, 2.24) is 19.9 Å². The van der Waals surface area contributed by atoms with Crippen LogP contribution in [0.15, 0.2) is 203 Å². The van der Waals surface area contributed by atoms with Crippen LogP contribution in [0, 0.1) is 0 Å². The lowest BCUT2D eigenvalue weighted by atomic mass is 9.95. The Balaban J connectivity index is 1.10. The first-order chi connectivity index (χ1) is 29.7. The molecule has 0 saturated carbocycles. The summed E-state index contributed by atoms with van der Waals surface area (Å²) in [7, 11) is 0. The van der Waals surface area contributed by atoms with Crippen LogP contribution in [-0.2, 0) is 0 Å². The minimum Gasteiger partial charge on any atom is -0.456 e. The molecule has 0 fully saturated rings. The summed E-state index contributed by atoms with van der Waals surface area (Å²) in [6.07, 6.45) is 0. The third-order valence-corrected chi connectivity index (χ3v) is 11.3. The second-order valence-electron chi connectivity index (χ2n) is 15.0. The Morgan fingerprint density at radius 1 is 0.300 bits per heavy atom. The van der Waals surface area contributed by atoms with Crippen molar-refractivity contribution in [1.29, 1.82) is 0 Å². The standard InChI is InChI=1S/C54H32N4O2/c1-4-13-33(14-5-1)39-29-40(34-15-6-2-7-16-34)31-41(30-39)52-56-51(57-53(58-52)43-22-12-20-35-17-10-11-21-42(35)43)38-24-23-36-25-26-45-48(44(36)32-38)49-46(59-45)27-28-47-50(49)55-54(60-47)37-18-8-3-9-19-37/h1-32H. The first-order valence-corrected chi connectivity index (χ1v) is 20.0. The summed E-state index contributed by atoms with van der Waals surface area (Å²) in [5, 5.41) is 6.13. The highest BCUT2D eigenvalue weighted by Crippen LogP contribution is 2.41. The lowest BCUT2D eigenvalue weighted by Gasteiger charge is -2.13. The molecule has 0 amide bonds. The summed E-state index contributed by atoms with van der Waals surface area (Å²) in [5.74, 6) is 2.32. The van der Waals surface area contributed by atoms with E-state index >= 15 is 0 Å². The minimum absolute atomic E-state index is 0.568. The number of nitrogens with zero attached hydrogens (tertiary/aromatic N) is 4. The van der Waals surface area contributed by atoms with Gasteiger partial charge in [0, 0.05) is 27.6 Å². The summed E-state index contributed by atoms with van der Waals surface area (Å²) >= 11 is 0. The van der Waals surface area contributed by atoms with E-state index in [1.807, 2.05) is 60.7 Å². The van der Waals surface area contributed by atoms with Crippen LogP contribution in [0.4, 0.5) is 0 Å². The molecule has 60 heavy (non-hydrogen) atoms. The van der Waals surface area contributed by atoms with Crippen molar-refractivity contribution in [2.24, 2.45) is 0 Å². The molecule has 0 aliphatic heterocycles. The molecule has 280 valence electrons. The smallest absolute Gasteiger partial charge is 0.227 e. The van der Waals surface area contributed by atoms with Gasteiger partial charge in [0.1, 0.15) is 16.7 Å². The van der Waals surface area contributed by atoms with E-state index in [4.69, 9.17) is 28.8 Å². The maximum atomic E-state index is 6.50. The van der Waals surface area contributed by atoms with Gasteiger partial charge in [0.2, 0.25) is 5.89 Å². The first-order valence-electron chi connectivity index (χ1n) is 20.0. The normalized spacial score (nSPS) is 11.7. The van der Waals surface area contributed by atoms with E-state index in [2.05, 4.69) is 133 Å². The van der Waals surface area contributed by atoms with Crippen LogP contribution in [0.25, 0.3) is 122 Å². The molecule has 0 atom stereocenters. The number of rotatable bonds is 6. The molecule has 0 spiro atoms. The number of oxazole rings is 1. The molecule has 0 N–H and O–H groups in total. The van der Waals surface area contributed by atoms with E-state index < -0.39 is 0 Å². The van der Waals surface area contributed by atoms with Gasteiger partial charge in [-0.25, -0.2) is 19.9 Å². The molecule has 0 radical (unpaired) electrons. The fourth-order valence-corrected chi connectivity index (χ4v) is 8.43. The van der Waals surface area contributed by atoms with Gasteiger partial charge in [0.05, 0.1) is 5.39 Å². The van der Waals surface area contributed by atoms with Crippen molar-refractivity contribution in [3.05, 3.63) is 194 Å². The average molecular weight is 769 g/mol. The predicted molar refractivity (Wildman–Crippen MR) is 242 cm³/mol. The monoisotopic (exact) mass is 768 g/mol. The Labute approximate surface area is 344 Å². The highest BCUT2D eigenvalue weighted by atomic mass is 16.4. The molecule has 0 aliphatic carbocycles. The molecular weight excluding hydrogens is 737 g/mol. The van der Waals surface area contributed by atoms with Gasteiger partial charge in [0.15, 0.2) is 23.1 Å². The fourth-order valence-electron chi connectivity index (χ4n) is 8.43.